The van der Waals surface area contributed by atoms with Crippen molar-refractivity contribution in [1.82, 2.24) is 19.3 Å². The minimum Gasteiger partial charge on any atom is -0.383 e. The molecule has 0 unspecified atom stereocenters. The monoisotopic (exact) mass is 404 g/mol. The molecule has 0 saturated carbocycles. The van der Waals surface area contributed by atoms with E-state index in [2.05, 4.69) is 5.32 Å². The molecule has 154 valence electrons. The van der Waals surface area contributed by atoms with Crippen LogP contribution in [0.1, 0.15) is 28.5 Å². The molecule has 0 saturated heterocycles. The van der Waals surface area contributed by atoms with Crippen molar-refractivity contribution in [1.29, 1.82) is 0 Å². The van der Waals surface area contributed by atoms with Crippen LogP contribution in [0.3, 0.4) is 0 Å². The van der Waals surface area contributed by atoms with Gasteiger partial charge in [-0.05, 0) is 37.1 Å². The first-order chi connectivity index (χ1) is 14.5. The van der Waals surface area contributed by atoms with Crippen LogP contribution in [0.4, 0.5) is 0 Å². The number of methoxy groups -OCH3 is 1. The van der Waals surface area contributed by atoms with Gasteiger partial charge in [0, 0.05) is 25.9 Å². The van der Waals surface area contributed by atoms with Gasteiger partial charge in [0.1, 0.15) is 17.0 Å². The number of amides is 1. The highest BCUT2D eigenvalue weighted by molar-refractivity contribution is 5.98. The molecule has 0 spiro atoms. The summed E-state index contributed by atoms with van der Waals surface area (Å²) in [6.07, 6.45) is 1.70. The molecule has 0 aliphatic carbocycles. The van der Waals surface area contributed by atoms with Gasteiger partial charge in [0.25, 0.3) is 11.5 Å². The first kappa shape index (κ1) is 19.8. The smallest absolute Gasteiger partial charge is 0.268 e. The average molecular weight is 404 g/mol. The summed E-state index contributed by atoms with van der Waals surface area (Å²) in [5.41, 5.74) is 3.20. The third-order valence-electron chi connectivity index (χ3n) is 5.10. The summed E-state index contributed by atoms with van der Waals surface area (Å²) in [4.78, 5) is 31.0. The van der Waals surface area contributed by atoms with Crippen LogP contribution in [0.15, 0.2) is 59.5 Å². The second-order valence-corrected chi connectivity index (χ2v) is 7.47. The Hall–Kier alpha value is -3.45. The van der Waals surface area contributed by atoms with Gasteiger partial charge < -0.3 is 14.6 Å². The first-order valence-electron chi connectivity index (χ1n) is 9.84. The molecule has 0 fully saturated rings. The molecular weight excluding hydrogens is 380 g/mol. The molecule has 30 heavy (non-hydrogen) atoms. The Morgan fingerprint density at radius 3 is 2.67 bits per heavy atom. The van der Waals surface area contributed by atoms with Crippen molar-refractivity contribution in [3.63, 3.8) is 0 Å². The largest absolute Gasteiger partial charge is 0.383 e. The molecule has 0 aliphatic rings. The summed E-state index contributed by atoms with van der Waals surface area (Å²) in [6.45, 7) is 4.61. The number of benzene rings is 1. The zero-order chi connectivity index (χ0) is 21.3. The highest BCUT2D eigenvalue weighted by Crippen LogP contribution is 2.20. The molecule has 0 aliphatic heterocycles. The van der Waals surface area contributed by atoms with Crippen molar-refractivity contribution >= 4 is 22.6 Å². The van der Waals surface area contributed by atoms with Crippen molar-refractivity contribution in [2.24, 2.45) is 0 Å². The van der Waals surface area contributed by atoms with Gasteiger partial charge in [-0.25, -0.2) is 4.98 Å². The second kappa shape index (κ2) is 8.12. The van der Waals surface area contributed by atoms with Gasteiger partial charge in [0.15, 0.2) is 0 Å². The number of fused-ring (bicyclic) bond motifs is 2. The van der Waals surface area contributed by atoms with Gasteiger partial charge in [-0.2, -0.15) is 0 Å². The van der Waals surface area contributed by atoms with E-state index in [1.807, 2.05) is 60.9 Å². The van der Waals surface area contributed by atoms with E-state index in [1.165, 1.54) is 4.40 Å². The van der Waals surface area contributed by atoms with Crippen LogP contribution < -0.4 is 10.9 Å². The number of pyridine rings is 1. The fourth-order valence-corrected chi connectivity index (χ4v) is 3.66. The standard InChI is InChI=1S/C23H24N4O3/c1-15-8-7-11-26-20(15)25-21-18(23(26)29)12-19(22(28)24-16(2)14-30-3)27(21)13-17-9-5-4-6-10-17/h4-12,16H,13-14H2,1-3H3,(H,24,28)/t16-/m0/s1. The molecule has 4 rings (SSSR count). The molecule has 0 radical (unpaired) electrons. The van der Waals surface area contributed by atoms with Crippen LogP contribution in [0.25, 0.3) is 16.7 Å². The zero-order valence-electron chi connectivity index (χ0n) is 17.3. The first-order valence-corrected chi connectivity index (χ1v) is 9.84. The van der Waals surface area contributed by atoms with Crippen LogP contribution in [-0.4, -0.2) is 39.6 Å². The molecule has 1 N–H and O–H groups in total. The Bertz CT molecular complexity index is 1270. The third kappa shape index (κ3) is 3.59. The maximum Gasteiger partial charge on any atom is 0.268 e. The fraction of sp³-hybridized carbons (Fsp3) is 0.261. The van der Waals surface area contributed by atoms with E-state index in [9.17, 15) is 9.59 Å². The quantitative estimate of drug-likeness (QED) is 0.536. The van der Waals surface area contributed by atoms with Gasteiger partial charge in [0.2, 0.25) is 0 Å². The number of ether oxygens (including phenoxy) is 1. The Balaban J connectivity index is 1.93. The predicted molar refractivity (Wildman–Crippen MR) is 116 cm³/mol. The highest BCUT2D eigenvalue weighted by Gasteiger charge is 2.21. The molecule has 4 aromatic rings. The van der Waals surface area contributed by atoms with E-state index in [1.54, 1.807) is 19.4 Å². The van der Waals surface area contributed by atoms with Crippen LogP contribution in [0.2, 0.25) is 0 Å². The normalized spacial score (nSPS) is 12.4. The number of carbonyl (C=O) groups is 1. The summed E-state index contributed by atoms with van der Waals surface area (Å²) in [5.74, 6) is -0.265. The lowest BCUT2D eigenvalue weighted by Gasteiger charge is -2.15. The zero-order valence-corrected chi connectivity index (χ0v) is 17.3. The molecule has 3 heterocycles. The van der Waals surface area contributed by atoms with Crippen LogP contribution in [0.5, 0.6) is 0 Å². The van der Waals surface area contributed by atoms with E-state index in [4.69, 9.17) is 9.72 Å². The van der Waals surface area contributed by atoms with Crippen molar-refractivity contribution in [3.8, 4) is 0 Å². The molecular formula is C23H24N4O3. The molecule has 1 amide bonds. The fourth-order valence-electron chi connectivity index (χ4n) is 3.66. The van der Waals surface area contributed by atoms with Gasteiger partial charge in [-0.3, -0.25) is 14.0 Å². The lowest BCUT2D eigenvalue weighted by molar-refractivity contribution is 0.0897. The summed E-state index contributed by atoms with van der Waals surface area (Å²) in [5, 5.41) is 3.35. The molecule has 7 nitrogen and oxygen atoms in total. The predicted octanol–water partition coefficient (Wildman–Crippen LogP) is 2.77. The molecule has 7 heteroatoms. The average Bonchev–Trinajstić information content (AvgIpc) is 3.09. The number of carbonyl (C=O) groups excluding carboxylic acids is 1. The Morgan fingerprint density at radius 1 is 1.17 bits per heavy atom. The second-order valence-electron chi connectivity index (χ2n) is 7.47. The Kier molecular flexibility index (Phi) is 5.37. The van der Waals surface area contributed by atoms with Crippen molar-refractivity contribution in [3.05, 3.63) is 81.9 Å². The number of nitrogens with one attached hydrogen (secondary N) is 1. The molecule has 1 atom stereocenters. The van der Waals surface area contributed by atoms with E-state index >= 15 is 0 Å². The summed E-state index contributed by atoms with van der Waals surface area (Å²) in [7, 11) is 1.59. The molecule has 1 aromatic carbocycles. The van der Waals surface area contributed by atoms with Gasteiger partial charge in [-0.1, -0.05) is 36.4 Å². The van der Waals surface area contributed by atoms with Crippen molar-refractivity contribution in [2.75, 3.05) is 13.7 Å². The molecule has 3 aromatic heterocycles. The number of aromatic nitrogens is 3. The number of rotatable bonds is 6. The van der Waals surface area contributed by atoms with Gasteiger partial charge in [0.05, 0.1) is 12.0 Å². The van der Waals surface area contributed by atoms with Crippen LogP contribution >= 0.6 is 0 Å². The lowest BCUT2D eigenvalue weighted by Crippen LogP contribution is -2.36. The van der Waals surface area contributed by atoms with E-state index in [-0.39, 0.29) is 17.5 Å². The minimum atomic E-state index is -0.265. The maximum atomic E-state index is 13.2. The number of nitrogens with zero attached hydrogens (tertiary/aromatic N) is 3. The topological polar surface area (TPSA) is 77.6 Å². The van der Waals surface area contributed by atoms with Crippen LogP contribution in [0, 0.1) is 6.92 Å². The Morgan fingerprint density at radius 2 is 1.93 bits per heavy atom. The third-order valence-corrected chi connectivity index (χ3v) is 5.10. The van der Waals surface area contributed by atoms with Crippen LogP contribution in [-0.2, 0) is 11.3 Å². The van der Waals surface area contributed by atoms with Gasteiger partial charge in [-0.15, -0.1) is 0 Å². The molecule has 0 bridgehead atoms. The number of aryl methyl sites for hydroxylation is 1. The van der Waals surface area contributed by atoms with E-state index < -0.39 is 0 Å². The minimum absolute atomic E-state index is 0.166. The number of hydrogen-bond donors (Lipinski definition) is 1. The SMILES string of the molecule is COC[C@H](C)NC(=O)c1cc2c(=O)n3cccc(C)c3nc2n1Cc1ccccc1. The lowest BCUT2D eigenvalue weighted by atomic mass is 10.2. The summed E-state index contributed by atoms with van der Waals surface area (Å²) < 4.78 is 8.46. The van der Waals surface area contributed by atoms with Gasteiger partial charge >= 0.3 is 0 Å². The summed E-state index contributed by atoms with van der Waals surface area (Å²) in [6, 6.07) is 15.0. The highest BCUT2D eigenvalue weighted by atomic mass is 16.5. The van der Waals surface area contributed by atoms with E-state index in [0.29, 0.717) is 35.5 Å². The maximum absolute atomic E-state index is 13.2. The van der Waals surface area contributed by atoms with E-state index in [0.717, 1.165) is 11.1 Å². The Labute approximate surface area is 173 Å². The van der Waals surface area contributed by atoms with Crippen molar-refractivity contribution in [2.45, 2.75) is 26.4 Å². The number of hydrogen-bond acceptors (Lipinski definition) is 4. The van der Waals surface area contributed by atoms with Crippen molar-refractivity contribution < 1.29 is 9.53 Å². The summed E-state index contributed by atoms with van der Waals surface area (Å²) >= 11 is 0.